The molecule has 0 bridgehead atoms. The van der Waals surface area contributed by atoms with Crippen molar-refractivity contribution in [1.82, 2.24) is 5.32 Å². The van der Waals surface area contributed by atoms with Crippen molar-refractivity contribution in [3.05, 3.63) is 65.2 Å². The van der Waals surface area contributed by atoms with Crippen LogP contribution >= 0.6 is 0 Å². The van der Waals surface area contributed by atoms with Gasteiger partial charge in [0, 0.05) is 35.8 Å². The van der Waals surface area contributed by atoms with Gasteiger partial charge >= 0.3 is 0 Å². The Bertz CT molecular complexity index is 1470. The molecule has 11 atom stereocenters. The summed E-state index contributed by atoms with van der Waals surface area (Å²) < 4.78 is 24.0. The van der Waals surface area contributed by atoms with Crippen LogP contribution in [0, 0.1) is 35.5 Å². The number of hydrogen-bond acceptors (Lipinski definition) is 7. The molecule has 0 spiro atoms. The van der Waals surface area contributed by atoms with Crippen LogP contribution in [0.3, 0.4) is 0 Å². The average Bonchev–Trinajstić information content (AvgIpc) is 3.86. The molecule has 5 unspecified atom stereocenters. The minimum absolute atomic E-state index is 0.00972. The number of anilines is 1. The number of rotatable bonds is 6. The van der Waals surface area contributed by atoms with E-state index in [-0.39, 0.29) is 65.3 Å². The number of amides is 2. The molecule has 8 rings (SSSR count). The maximum Gasteiger partial charge on any atom is 0.244 e. The van der Waals surface area contributed by atoms with Gasteiger partial charge in [0.1, 0.15) is 6.04 Å². The maximum atomic E-state index is 15.2. The number of nitrogens with one attached hydrogen (secondary N) is 1. The highest BCUT2D eigenvalue weighted by atomic mass is 16.7. The van der Waals surface area contributed by atoms with Crippen molar-refractivity contribution in [3.8, 4) is 0 Å². The molecule has 6 aliphatic rings. The number of aliphatic hydroxyl groups excluding tert-OH is 1. The van der Waals surface area contributed by atoms with Crippen molar-refractivity contribution in [2.24, 2.45) is 35.5 Å². The molecule has 5 fully saturated rings. The minimum Gasteiger partial charge on any atom is -0.390 e. The number of aliphatic hydroxyl groups is 1. The van der Waals surface area contributed by atoms with E-state index in [9.17, 15) is 9.90 Å². The van der Waals surface area contributed by atoms with E-state index in [0.717, 1.165) is 36.0 Å². The summed E-state index contributed by atoms with van der Waals surface area (Å²) in [5, 5.41) is 14.4. The van der Waals surface area contributed by atoms with E-state index < -0.39 is 18.2 Å². The van der Waals surface area contributed by atoms with Crippen molar-refractivity contribution in [3.63, 3.8) is 0 Å². The third-order valence-corrected chi connectivity index (χ3v) is 11.7. The number of fused-ring (bicyclic) bond motifs is 2. The second-order valence-electron chi connectivity index (χ2n) is 15.3. The smallest absolute Gasteiger partial charge is 0.244 e. The summed E-state index contributed by atoms with van der Waals surface area (Å²) in [4.78, 5) is 31.9. The zero-order chi connectivity index (χ0) is 31.7. The highest BCUT2D eigenvalue weighted by molar-refractivity contribution is 6.02. The van der Waals surface area contributed by atoms with Gasteiger partial charge in [-0.15, -0.1) is 0 Å². The van der Waals surface area contributed by atoms with E-state index in [1.54, 1.807) is 4.90 Å². The van der Waals surface area contributed by atoms with Gasteiger partial charge in [-0.3, -0.25) is 14.5 Å². The predicted octanol–water partition coefficient (Wildman–Crippen LogP) is 4.11. The Balaban J connectivity index is 1.20. The van der Waals surface area contributed by atoms with Crippen LogP contribution in [0.4, 0.5) is 5.69 Å². The highest BCUT2D eigenvalue weighted by Crippen LogP contribution is 2.53. The van der Waals surface area contributed by atoms with E-state index in [2.05, 4.69) is 38.2 Å². The average molecular weight is 631 g/mol. The molecule has 0 aromatic heterocycles. The standard InChI is InChI=1S/C37H46N2O7/c1-37(2,3)22-8-10-23(11-9-22)39(34(42)27-16-21-18-45-36-30(21)25(27)12-14-44-36)32(28-19-46-35-26(28)13-15-43-35)33(41)38-31-24-7-5-4-6-20(24)17-29(31)40/h4-11,21,25-32,35-36,40H,12-19H2,1-3H3,(H,38,41)/t21?,25-,26?,27-,28?,29-,30+,31+,32?,35?,36+/m0/s1. The fraction of sp³-hybridized carbons (Fsp3) is 0.622. The lowest BCUT2D eigenvalue weighted by molar-refractivity contribution is -0.170. The summed E-state index contributed by atoms with van der Waals surface area (Å²) >= 11 is 0. The monoisotopic (exact) mass is 630 g/mol. The minimum atomic E-state index is -0.836. The summed E-state index contributed by atoms with van der Waals surface area (Å²) in [5.74, 6) is -0.172. The highest BCUT2D eigenvalue weighted by Gasteiger charge is 2.58. The first-order chi connectivity index (χ1) is 22.2. The molecule has 4 aliphatic heterocycles. The number of hydrogen-bond donors (Lipinski definition) is 2. The molecule has 46 heavy (non-hydrogen) atoms. The first kappa shape index (κ1) is 30.5. The third kappa shape index (κ3) is 5.10. The van der Waals surface area contributed by atoms with Crippen molar-refractivity contribution in [1.29, 1.82) is 0 Å². The normalized spacial score (nSPS) is 36.6. The van der Waals surface area contributed by atoms with Gasteiger partial charge in [0.05, 0.1) is 38.6 Å². The topological polar surface area (TPSA) is 107 Å². The van der Waals surface area contributed by atoms with Crippen LogP contribution in [0.5, 0.6) is 0 Å². The Hall–Kier alpha value is -2.82. The zero-order valence-electron chi connectivity index (χ0n) is 27.0. The van der Waals surface area contributed by atoms with E-state index in [1.165, 1.54) is 0 Å². The first-order valence-corrected chi connectivity index (χ1v) is 17.2. The van der Waals surface area contributed by atoms with Crippen LogP contribution in [0.15, 0.2) is 48.5 Å². The molecule has 9 heteroatoms. The molecular formula is C37H46N2O7. The molecule has 1 saturated carbocycles. The van der Waals surface area contributed by atoms with Gasteiger partial charge in [-0.2, -0.15) is 0 Å². The van der Waals surface area contributed by atoms with Crippen LogP contribution in [0.1, 0.15) is 62.8 Å². The van der Waals surface area contributed by atoms with Gasteiger partial charge in [0.25, 0.3) is 0 Å². The summed E-state index contributed by atoms with van der Waals surface area (Å²) in [6, 6.07) is 14.6. The first-order valence-electron chi connectivity index (χ1n) is 17.2. The second-order valence-corrected chi connectivity index (χ2v) is 15.3. The molecule has 2 amide bonds. The van der Waals surface area contributed by atoms with Crippen LogP contribution < -0.4 is 10.2 Å². The lowest BCUT2D eigenvalue weighted by atomic mass is 9.81. The summed E-state index contributed by atoms with van der Waals surface area (Å²) in [6.45, 7) is 8.58. The second kappa shape index (κ2) is 11.7. The maximum absolute atomic E-state index is 15.2. The number of ether oxygens (including phenoxy) is 4. The Morgan fingerprint density at radius 3 is 2.41 bits per heavy atom. The molecule has 9 nitrogen and oxygen atoms in total. The van der Waals surface area contributed by atoms with E-state index in [4.69, 9.17) is 18.9 Å². The Labute approximate surface area is 270 Å². The van der Waals surface area contributed by atoms with Crippen LogP contribution in [-0.4, -0.2) is 68.1 Å². The molecule has 2 aromatic rings. The third-order valence-electron chi connectivity index (χ3n) is 11.7. The number of carbonyl (C=O) groups is 2. The van der Waals surface area contributed by atoms with Crippen molar-refractivity contribution < 1.29 is 33.6 Å². The largest absolute Gasteiger partial charge is 0.390 e. The van der Waals surface area contributed by atoms with Crippen LogP contribution in [0.2, 0.25) is 0 Å². The molecule has 2 aromatic carbocycles. The fourth-order valence-corrected chi connectivity index (χ4v) is 9.40. The van der Waals surface area contributed by atoms with Crippen molar-refractivity contribution >= 4 is 17.5 Å². The lowest BCUT2D eigenvalue weighted by Crippen LogP contribution is -2.58. The Kier molecular flexibility index (Phi) is 7.76. The summed E-state index contributed by atoms with van der Waals surface area (Å²) in [7, 11) is 0. The van der Waals surface area contributed by atoms with Gasteiger partial charge in [0.2, 0.25) is 11.8 Å². The van der Waals surface area contributed by atoms with Crippen molar-refractivity contribution in [2.45, 2.75) is 82.6 Å². The molecule has 4 saturated heterocycles. The van der Waals surface area contributed by atoms with Gasteiger partial charge in [-0.25, -0.2) is 0 Å². The van der Waals surface area contributed by atoms with Gasteiger partial charge in [-0.1, -0.05) is 57.2 Å². The quantitative estimate of drug-likeness (QED) is 0.495. The Morgan fingerprint density at radius 2 is 1.63 bits per heavy atom. The number of nitrogens with zero attached hydrogens (tertiary/aromatic N) is 1. The van der Waals surface area contributed by atoms with Crippen LogP contribution in [-0.2, 0) is 40.4 Å². The number of benzene rings is 2. The molecular weight excluding hydrogens is 584 g/mol. The SMILES string of the molecule is CC(C)(C)c1ccc(N(C(=O)[C@H]2CC3CO[C@H]4OCC[C@@H]2[C@@H]34)C(C(=O)N[C@@H]2c3ccccc3C[C@@H]2O)C2COC3OCCC32)cc1. The van der Waals surface area contributed by atoms with Gasteiger partial charge in [-0.05, 0) is 65.3 Å². The van der Waals surface area contributed by atoms with Crippen LogP contribution in [0.25, 0.3) is 0 Å². The fourth-order valence-electron chi connectivity index (χ4n) is 9.40. The summed E-state index contributed by atoms with van der Waals surface area (Å²) in [6.07, 6.45) is 1.41. The number of carbonyl (C=O) groups excluding carboxylic acids is 2. The summed E-state index contributed by atoms with van der Waals surface area (Å²) in [5.41, 5.74) is 3.76. The molecule has 4 heterocycles. The molecule has 0 radical (unpaired) electrons. The van der Waals surface area contributed by atoms with E-state index >= 15 is 4.79 Å². The molecule has 2 aliphatic carbocycles. The molecule has 2 N–H and O–H groups in total. The predicted molar refractivity (Wildman–Crippen MR) is 170 cm³/mol. The lowest BCUT2D eigenvalue weighted by Gasteiger charge is -2.40. The van der Waals surface area contributed by atoms with E-state index in [1.807, 2.05) is 36.4 Å². The Morgan fingerprint density at radius 1 is 0.913 bits per heavy atom. The molecule has 246 valence electrons. The van der Waals surface area contributed by atoms with E-state index in [0.29, 0.717) is 38.5 Å². The zero-order valence-corrected chi connectivity index (χ0v) is 27.0. The van der Waals surface area contributed by atoms with Gasteiger partial charge in [0.15, 0.2) is 12.6 Å². The van der Waals surface area contributed by atoms with Crippen molar-refractivity contribution in [2.75, 3.05) is 31.3 Å². The van der Waals surface area contributed by atoms with Gasteiger partial charge < -0.3 is 29.4 Å².